The van der Waals surface area contributed by atoms with Crippen molar-refractivity contribution < 1.29 is 19.4 Å². The first kappa shape index (κ1) is 33.5. The Hall–Kier alpha value is -4.35. The van der Waals surface area contributed by atoms with Gasteiger partial charge in [0.1, 0.15) is 11.4 Å². The Morgan fingerprint density at radius 1 is 1.15 bits per heavy atom. The molecular formula is C37H41ClN6O4. The van der Waals surface area contributed by atoms with Crippen LogP contribution in [0.4, 0.5) is 5.69 Å². The number of likely N-dealkylation sites (N-methyl/N-ethyl adjacent to an activating group) is 1. The van der Waals surface area contributed by atoms with Crippen LogP contribution in [0.3, 0.4) is 0 Å². The number of methoxy groups -OCH3 is 1. The summed E-state index contributed by atoms with van der Waals surface area (Å²) in [4.78, 5) is 38.2. The van der Waals surface area contributed by atoms with Gasteiger partial charge < -0.3 is 20.5 Å². The van der Waals surface area contributed by atoms with Gasteiger partial charge in [0.15, 0.2) is 0 Å². The van der Waals surface area contributed by atoms with Gasteiger partial charge in [-0.15, -0.1) is 0 Å². The average Bonchev–Trinajstić information content (AvgIpc) is 3.69. The van der Waals surface area contributed by atoms with E-state index in [4.69, 9.17) is 16.3 Å². The molecule has 0 radical (unpaired) electrons. The minimum Gasteiger partial charge on any atom is -0.496 e. The van der Waals surface area contributed by atoms with Crippen molar-refractivity contribution in [3.63, 3.8) is 0 Å². The van der Waals surface area contributed by atoms with Gasteiger partial charge in [-0.3, -0.25) is 29.4 Å². The van der Waals surface area contributed by atoms with E-state index in [-0.39, 0.29) is 24.0 Å². The number of β-amino-alcohol motifs (C(OH)–C–C–N with tert-alkyl or cyclic N) is 1. The fourth-order valence-electron chi connectivity index (χ4n) is 6.54. The second-order valence-corrected chi connectivity index (χ2v) is 13.1. The maximum Gasteiger partial charge on any atom is 0.274 e. The first-order valence-corrected chi connectivity index (χ1v) is 16.6. The summed E-state index contributed by atoms with van der Waals surface area (Å²) in [6.07, 6.45) is 5.40. The fourth-order valence-corrected chi connectivity index (χ4v) is 6.86. The molecule has 0 spiro atoms. The predicted octanol–water partition coefficient (Wildman–Crippen LogP) is 5.31. The Kier molecular flexibility index (Phi) is 10.4. The van der Waals surface area contributed by atoms with Crippen LogP contribution in [-0.2, 0) is 17.9 Å². The highest BCUT2D eigenvalue weighted by Crippen LogP contribution is 2.39. The first-order chi connectivity index (χ1) is 23.2. The van der Waals surface area contributed by atoms with Crippen molar-refractivity contribution in [2.24, 2.45) is 0 Å². The Labute approximate surface area is 286 Å². The van der Waals surface area contributed by atoms with Crippen molar-refractivity contribution in [3.05, 3.63) is 94.4 Å². The molecule has 0 aliphatic carbocycles. The van der Waals surface area contributed by atoms with E-state index in [1.54, 1.807) is 25.6 Å². The van der Waals surface area contributed by atoms with E-state index in [1.165, 1.54) is 0 Å². The summed E-state index contributed by atoms with van der Waals surface area (Å²) in [5, 5.41) is 16.3. The van der Waals surface area contributed by atoms with Crippen LogP contribution in [0.5, 0.6) is 5.75 Å². The van der Waals surface area contributed by atoms with Crippen LogP contribution in [0, 0.1) is 6.92 Å². The SMILES string of the molecule is COc1cc(-c2nccc(-c3cccc(NC(=O)c4ccc(CN5CC[C@H](O)C5)cn4)c3C)c2Cl)ccc1CN(C)C[C@@H]1CCC(=O)N1. The molecule has 6 rings (SSSR count). The number of anilines is 1. The average molecular weight is 669 g/mol. The summed E-state index contributed by atoms with van der Waals surface area (Å²) in [7, 11) is 3.69. The molecule has 250 valence electrons. The van der Waals surface area contributed by atoms with Crippen LogP contribution in [0.1, 0.15) is 46.4 Å². The monoisotopic (exact) mass is 668 g/mol. The van der Waals surface area contributed by atoms with Gasteiger partial charge in [-0.05, 0) is 67.8 Å². The molecular weight excluding hydrogens is 628 g/mol. The summed E-state index contributed by atoms with van der Waals surface area (Å²) >= 11 is 7.05. The summed E-state index contributed by atoms with van der Waals surface area (Å²) in [5.74, 6) is 0.546. The lowest BCUT2D eigenvalue weighted by atomic mass is 9.97. The number of hydrogen-bond acceptors (Lipinski definition) is 8. The minimum absolute atomic E-state index is 0.114. The summed E-state index contributed by atoms with van der Waals surface area (Å²) in [6, 6.07) is 17.4. The number of pyridine rings is 2. The number of aliphatic hydroxyl groups excluding tert-OH is 1. The highest BCUT2D eigenvalue weighted by molar-refractivity contribution is 6.35. The predicted molar refractivity (Wildman–Crippen MR) is 187 cm³/mol. The van der Waals surface area contributed by atoms with E-state index >= 15 is 0 Å². The number of carbonyl (C=O) groups is 2. The van der Waals surface area contributed by atoms with E-state index in [0.29, 0.717) is 48.2 Å². The maximum absolute atomic E-state index is 13.2. The molecule has 0 bridgehead atoms. The van der Waals surface area contributed by atoms with Crippen molar-refractivity contribution in [2.75, 3.05) is 39.1 Å². The molecule has 10 nitrogen and oxygen atoms in total. The van der Waals surface area contributed by atoms with Gasteiger partial charge in [0.25, 0.3) is 5.91 Å². The molecule has 48 heavy (non-hydrogen) atoms. The fraction of sp³-hybridized carbons (Fsp3) is 0.351. The number of ether oxygens (including phenoxy) is 1. The van der Waals surface area contributed by atoms with E-state index in [1.807, 2.05) is 62.5 Å². The third-order valence-electron chi connectivity index (χ3n) is 9.09. The number of carbonyl (C=O) groups excluding carboxylic acids is 2. The van der Waals surface area contributed by atoms with Crippen molar-refractivity contribution in [2.45, 2.75) is 51.4 Å². The van der Waals surface area contributed by atoms with Crippen molar-refractivity contribution >= 4 is 29.1 Å². The van der Waals surface area contributed by atoms with Crippen molar-refractivity contribution in [1.82, 2.24) is 25.1 Å². The third kappa shape index (κ3) is 7.68. The molecule has 2 amide bonds. The van der Waals surface area contributed by atoms with Crippen LogP contribution < -0.4 is 15.4 Å². The molecule has 2 aromatic carbocycles. The van der Waals surface area contributed by atoms with Gasteiger partial charge in [-0.1, -0.05) is 41.9 Å². The zero-order valence-electron chi connectivity index (χ0n) is 27.5. The molecule has 2 fully saturated rings. The number of halogens is 1. The summed E-state index contributed by atoms with van der Waals surface area (Å²) in [5.41, 5.74) is 7.00. The van der Waals surface area contributed by atoms with Gasteiger partial charge in [0.05, 0.1) is 23.9 Å². The lowest BCUT2D eigenvalue weighted by molar-refractivity contribution is -0.119. The second kappa shape index (κ2) is 14.8. The van der Waals surface area contributed by atoms with E-state index in [2.05, 4.69) is 30.4 Å². The molecule has 2 saturated heterocycles. The lowest BCUT2D eigenvalue weighted by Crippen LogP contribution is -2.36. The number of aliphatic hydroxyl groups is 1. The van der Waals surface area contributed by atoms with Gasteiger partial charge in [0.2, 0.25) is 5.91 Å². The number of aromatic nitrogens is 2. The molecule has 4 heterocycles. The molecule has 0 saturated carbocycles. The number of amides is 2. The van der Waals surface area contributed by atoms with Crippen LogP contribution in [0.25, 0.3) is 22.4 Å². The third-order valence-corrected chi connectivity index (χ3v) is 9.47. The van der Waals surface area contributed by atoms with Crippen LogP contribution in [0.2, 0.25) is 5.02 Å². The number of benzene rings is 2. The number of likely N-dealkylation sites (tertiary alicyclic amines) is 1. The molecule has 3 N–H and O–H groups in total. The molecule has 4 aromatic rings. The summed E-state index contributed by atoms with van der Waals surface area (Å²) < 4.78 is 5.77. The van der Waals surface area contributed by atoms with E-state index in [9.17, 15) is 14.7 Å². The maximum atomic E-state index is 13.2. The molecule has 2 atom stereocenters. The Bertz CT molecular complexity index is 1800. The zero-order chi connectivity index (χ0) is 33.8. The molecule has 0 unspecified atom stereocenters. The Morgan fingerprint density at radius 2 is 2.00 bits per heavy atom. The van der Waals surface area contributed by atoms with Gasteiger partial charge in [-0.2, -0.15) is 0 Å². The van der Waals surface area contributed by atoms with E-state index < -0.39 is 0 Å². The molecule has 11 heteroatoms. The zero-order valence-corrected chi connectivity index (χ0v) is 28.3. The Balaban J connectivity index is 1.17. The lowest BCUT2D eigenvalue weighted by Gasteiger charge is -2.22. The molecule has 2 aliphatic rings. The van der Waals surface area contributed by atoms with E-state index in [0.717, 1.165) is 65.1 Å². The largest absolute Gasteiger partial charge is 0.496 e. The number of hydrogen-bond donors (Lipinski definition) is 3. The number of nitrogens with one attached hydrogen (secondary N) is 2. The summed E-state index contributed by atoms with van der Waals surface area (Å²) in [6.45, 7) is 5.58. The topological polar surface area (TPSA) is 120 Å². The van der Waals surface area contributed by atoms with Gasteiger partial charge in [0, 0.05) is 80.0 Å². The molecule has 2 aromatic heterocycles. The normalized spacial score (nSPS) is 17.9. The smallest absolute Gasteiger partial charge is 0.274 e. The second-order valence-electron chi connectivity index (χ2n) is 12.7. The van der Waals surface area contributed by atoms with Crippen LogP contribution >= 0.6 is 11.6 Å². The standard InChI is InChI=1S/C37H41ClN6O4/c1-23-29(5-4-6-31(23)42-37(47)32-11-7-24(18-40-32)19-44-16-14-28(45)22-44)30-13-15-39-36(35(30)38)25-8-9-26(33(17-25)48-3)20-43(2)21-27-10-12-34(46)41-27/h4-9,11,13,15,17-18,27-28,45H,10,12,14,16,19-22H2,1-3H3,(H,41,46)(H,42,47)/t27-,28-/m0/s1. The quantitative estimate of drug-likeness (QED) is 0.197. The van der Waals surface area contributed by atoms with Crippen molar-refractivity contribution in [3.8, 4) is 28.1 Å². The van der Waals surface area contributed by atoms with Crippen LogP contribution in [0.15, 0.2) is 67.0 Å². The number of rotatable bonds is 11. The number of nitrogens with zero attached hydrogens (tertiary/aromatic N) is 4. The van der Waals surface area contributed by atoms with Gasteiger partial charge >= 0.3 is 0 Å². The Morgan fingerprint density at radius 3 is 2.71 bits per heavy atom. The first-order valence-electron chi connectivity index (χ1n) is 16.2. The van der Waals surface area contributed by atoms with Crippen molar-refractivity contribution in [1.29, 1.82) is 0 Å². The minimum atomic E-state index is -0.300. The van der Waals surface area contributed by atoms with Crippen LogP contribution in [-0.4, -0.2) is 82.6 Å². The highest BCUT2D eigenvalue weighted by atomic mass is 35.5. The highest BCUT2D eigenvalue weighted by Gasteiger charge is 2.23. The van der Waals surface area contributed by atoms with Gasteiger partial charge in [-0.25, -0.2) is 0 Å². The molecule has 2 aliphatic heterocycles.